The maximum atomic E-state index is 12.5. The van der Waals surface area contributed by atoms with Crippen LogP contribution in [0.1, 0.15) is 11.5 Å². The van der Waals surface area contributed by atoms with Crippen LogP contribution in [0.2, 0.25) is 5.02 Å². The molecular formula is C16H14ClNO6. The lowest BCUT2D eigenvalue weighted by atomic mass is 9.93. The lowest BCUT2D eigenvalue weighted by Crippen LogP contribution is -2.37. The lowest BCUT2D eigenvalue weighted by Gasteiger charge is -2.14. The summed E-state index contributed by atoms with van der Waals surface area (Å²) in [5, 5.41) is 9.89. The molecule has 1 saturated carbocycles. The van der Waals surface area contributed by atoms with Gasteiger partial charge in [0, 0.05) is 10.9 Å². The van der Waals surface area contributed by atoms with Gasteiger partial charge in [-0.05, 0) is 11.6 Å². The molecule has 0 heterocycles. The van der Waals surface area contributed by atoms with Gasteiger partial charge in [-0.1, -0.05) is 29.8 Å². The number of ether oxygens (including phenoxy) is 3. The van der Waals surface area contributed by atoms with E-state index in [0.29, 0.717) is 0 Å². The van der Waals surface area contributed by atoms with E-state index < -0.39 is 34.7 Å². The number of methoxy groups -OCH3 is 3. The predicted octanol–water partition coefficient (Wildman–Crippen LogP) is 1.45. The number of carbonyl (C=O) groups is 3. The smallest absolute Gasteiger partial charge is 0.328 e. The fraction of sp³-hybridized carbons (Fsp3) is 0.375. The molecule has 0 aliphatic heterocycles. The molecule has 0 saturated heterocycles. The van der Waals surface area contributed by atoms with Crippen molar-refractivity contribution in [1.82, 2.24) is 0 Å². The number of carbonyl (C=O) groups excluding carboxylic acids is 3. The Morgan fingerprint density at radius 2 is 1.54 bits per heavy atom. The van der Waals surface area contributed by atoms with Crippen molar-refractivity contribution in [1.29, 1.82) is 5.26 Å². The maximum Gasteiger partial charge on any atom is 0.328 e. The number of rotatable bonds is 4. The van der Waals surface area contributed by atoms with Crippen molar-refractivity contribution in [3.05, 3.63) is 34.9 Å². The number of esters is 3. The minimum atomic E-state index is -2.18. The van der Waals surface area contributed by atoms with Crippen molar-refractivity contribution < 1.29 is 28.6 Å². The molecule has 0 bridgehead atoms. The molecule has 2 unspecified atom stereocenters. The Labute approximate surface area is 143 Å². The molecule has 24 heavy (non-hydrogen) atoms. The molecule has 1 aliphatic carbocycles. The third-order valence-electron chi connectivity index (χ3n) is 4.32. The summed E-state index contributed by atoms with van der Waals surface area (Å²) in [6.07, 6.45) is 0. The first kappa shape index (κ1) is 17.8. The number of hydrogen-bond acceptors (Lipinski definition) is 7. The minimum Gasteiger partial charge on any atom is -0.468 e. The third kappa shape index (κ3) is 1.93. The van der Waals surface area contributed by atoms with E-state index in [0.717, 1.165) is 21.3 Å². The van der Waals surface area contributed by atoms with Crippen LogP contribution in [0.25, 0.3) is 0 Å². The highest BCUT2D eigenvalue weighted by Crippen LogP contribution is 2.76. The van der Waals surface area contributed by atoms with E-state index in [-0.39, 0.29) is 10.6 Å². The van der Waals surface area contributed by atoms with Crippen LogP contribution in [0, 0.1) is 22.2 Å². The summed E-state index contributed by atoms with van der Waals surface area (Å²) in [6.45, 7) is 0. The van der Waals surface area contributed by atoms with E-state index in [1.165, 1.54) is 12.1 Å². The summed E-state index contributed by atoms with van der Waals surface area (Å²) in [5.41, 5.74) is -4.02. The van der Waals surface area contributed by atoms with E-state index in [2.05, 4.69) is 4.74 Å². The Kier molecular flexibility index (Phi) is 4.54. The molecule has 1 aromatic carbocycles. The highest BCUT2D eigenvalue weighted by Gasteiger charge is 2.92. The van der Waals surface area contributed by atoms with E-state index in [4.69, 9.17) is 21.1 Å². The first-order chi connectivity index (χ1) is 11.4. The van der Waals surface area contributed by atoms with Gasteiger partial charge in [0.1, 0.15) is 0 Å². The summed E-state index contributed by atoms with van der Waals surface area (Å²) in [6, 6.07) is 8.06. The second kappa shape index (κ2) is 6.13. The Bertz CT molecular complexity index is 739. The van der Waals surface area contributed by atoms with E-state index in [9.17, 15) is 19.6 Å². The van der Waals surface area contributed by atoms with Gasteiger partial charge in [-0.3, -0.25) is 14.4 Å². The third-order valence-corrected chi connectivity index (χ3v) is 4.66. The Morgan fingerprint density at radius 3 is 1.96 bits per heavy atom. The van der Waals surface area contributed by atoms with E-state index in [1.807, 2.05) is 0 Å². The van der Waals surface area contributed by atoms with E-state index in [1.54, 1.807) is 18.2 Å². The molecule has 2 rings (SSSR count). The van der Waals surface area contributed by atoms with Gasteiger partial charge in [0.2, 0.25) is 5.41 Å². The van der Waals surface area contributed by atoms with Gasteiger partial charge in [-0.2, -0.15) is 5.26 Å². The molecule has 0 aromatic heterocycles. The molecule has 2 atom stereocenters. The first-order valence-electron chi connectivity index (χ1n) is 6.81. The van der Waals surface area contributed by atoms with Gasteiger partial charge in [0.15, 0.2) is 5.41 Å². The summed E-state index contributed by atoms with van der Waals surface area (Å²) in [7, 11) is 3.16. The first-order valence-corrected chi connectivity index (χ1v) is 7.18. The SMILES string of the molecule is COC(=O)C1(C#N)C(c2ccccc2Cl)C1(C(=O)OC)C(=O)OC. The molecule has 0 radical (unpaired) electrons. The molecule has 1 fully saturated rings. The summed E-state index contributed by atoms with van der Waals surface area (Å²) in [5.74, 6) is -4.35. The molecule has 1 aromatic rings. The van der Waals surface area contributed by atoms with Crippen molar-refractivity contribution in [3.8, 4) is 6.07 Å². The summed E-state index contributed by atoms with van der Waals surface area (Å²) >= 11 is 6.15. The van der Waals surface area contributed by atoms with E-state index >= 15 is 0 Å². The topological polar surface area (TPSA) is 103 Å². The molecule has 8 heteroatoms. The van der Waals surface area contributed by atoms with Crippen molar-refractivity contribution in [3.63, 3.8) is 0 Å². The van der Waals surface area contributed by atoms with Crippen LogP contribution in [0.4, 0.5) is 0 Å². The normalized spacial score (nSPS) is 23.5. The standard InChI is InChI=1S/C16H14ClNO6/c1-22-12(19)15(8-18)11(9-6-4-5-7-10(9)17)16(15,13(20)23-2)14(21)24-3/h4-7,11H,1-3H3. The van der Waals surface area contributed by atoms with Crippen LogP contribution in [-0.4, -0.2) is 39.2 Å². The van der Waals surface area contributed by atoms with Crippen LogP contribution >= 0.6 is 11.6 Å². The Balaban J connectivity index is 2.81. The average Bonchev–Trinajstić information content (AvgIpc) is 3.25. The van der Waals surface area contributed by atoms with Gasteiger partial charge in [0.25, 0.3) is 0 Å². The molecule has 1 aliphatic rings. The fourth-order valence-corrected chi connectivity index (χ4v) is 3.50. The van der Waals surface area contributed by atoms with Gasteiger partial charge in [-0.25, -0.2) is 0 Å². The molecule has 0 spiro atoms. The number of benzene rings is 1. The maximum absolute atomic E-state index is 12.5. The second-order valence-electron chi connectivity index (χ2n) is 5.16. The van der Waals surface area contributed by atoms with Gasteiger partial charge >= 0.3 is 17.9 Å². The largest absolute Gasteiger partial charge is 0.468 e. The Morgan fingerprint density at radius 1 is 1.04 bits per heavy atom. The molecule has 126 valence electrons. The van der Waals surface area contributed by atoms with Crippen molar-refractivity contribution in [2.45, 2.75) is 5.92 Å². The highest BCUT2D eigenvalue weighted by atomic mass is 35.5. The number of halogens is 1. The fourth-order valence-electron chi connectivity index (χ4n) is 3.25. The summed E-state index contributed by atoms with van der Waals surface area (Å²) < 4.78 is 14.1. The van der Waals surface area contributed by atoms with Gasteiger partial charge in [-0.15, -0.1) is 0 Å². The zero-order chi connectivity index (χ0) is 18.1. The minimum absolute atomic E-state index is 0.195. The van der Waals surface area contributed by atoms with Crippen LogP contribution in [-0.2, 0) is 28.6 Å². The summed E-state index contributed by atoms with van der Waals surface area (Å²) in [4.78, 5) is 37.3. The quantitative estimate of drug-likeness (QED) is 0.459. The predicted molar refractivity (Wildman–Crippen MR) is 80.7 cm³/mol. The molecule has 0 amide bonds. The van der Waals surface area contributed by atoms with Crippen LogP contribution in [0.15, 0.2) is 24.3 Å². The lowest BCUT2D eigenvalue weighted by molar-refractivity contribution is -0.167. The highest BCUT2D eigenvalue weighted by molar-refractivity contribution is 6.32. The Hall–Kier alpha value is -2.59. The van der Waals surface area contributed by atoms with Crippen LogP contribution in [0.5, 0.6) is 0 Å². The van der Waals surface area contributed by atoms with Crippen molar-refractivity contribution in [2.75, 3.05) is 21.3 Å². The average molecular weight is 352 g/mol. The molecule has 7 nitrogen and oxygen atoms in total. The second-order valence-corrected chi connectivity index (χ2v) is 5.56. The number of nitrogens with zero attached hydrogens (tertiary/aromatic N) is 1. The van der Waals surface area contributed by atoms with Gasteiger partial charge in [0.05, 0.1) is 27.4 Å². The van der Waals surface area contributed by atoms with Crippen LogP contribution in [0.3, 0.4) is 0 Å². The monoisotopic (exact) mass is 351 g/mol. The molecule has 0 N–H and O–H groups in total. The number of hydrogen-bond donors (Lipinski definition) is 0. The number of nitriles is 1. The zero-order valence-electron chi connectivity index (χ0n) is 13.2. The van der Waals surface area contributed by atoms with Crippen molar-refractivity contribution >= 4 is 29.5 Å². The van der Waals surface area contributed by atoms with Gasteiger partial charge < -0.3 is 14.2 Å². The zero-order valence-corrected chi connectivity index (χ0v) is 13.9. The van der Waals surface area contributed by atoms with Crippen molar-refractivity contribution in [2.24, 2.45) is 10.8 Å². The molecular weight excluding hydrogens is 338 g/mol. The van der Waals surface area contributed by atoms with Crippen LogP contribution < -0.4 is 0 Å².